The molecule has 6 nitrogen and oxygen atoms in total. The smallest absolute Gasteiger partial charge is 0.139 e. The van der Waals surface area contributed by atoms with E-state index in [1.165, 1.54) is 0 Å². The molecule has 46 heavy (non-hydrogen) atoms. The molecule has 0 amide bonds. The van der Waals surface area contributed by atoms with Gasteiger partial charge in [0.2, 0.25) is 0 Å². The van der Waals surface area contributed by atoms with E-state index < -0.39 is 5.41 Å². The molecular formula is C40H34O6. The summed E-state index contributed by atoms with van der Waals surface area (Å²) < 4.78 is 24.7. The molecule has 2 N–H and O–H groups in total. The van der Waals surface area contributed by atoms with Gasteiger partial charge < -0.3 is 28.5 Å². The second kappa shape index (κ2) is 12.6. The lowest BCUT2D eigenvalue weighted by atomic mass is 9.70. The first-order valence-corrected chi connectivity index (χ1v) is 15.4. The van der Waals surface area contributed by atoms with Crippen molar-refractivity contribution >= 4 is 21.9 Å². The fourth-order valence-corrected chi connectivity index (χ4v) is 6.13. The summed E-state index contributed by atoms with van der Waals surface area (Å²) in [6, 6.07) is 42.5. The lowest BCUT2D eigenvalue weighted by Crippen LogP contribution is -2.25. The van der Waals surface area contributed by atoms with Gasteiger partial charge in [0.15, 0.2) is 0 Å². The number of hydrogen-bond acceptors (Lipinski definition) is 6. The van der Waals surface area contributed by atoms with Crippen molar-refractivity contribution in [1.29, 1.82) is 0 Å². The van der Waals surface area contributed by atoms with Crippen LogP contribution in [0.2, 0.25) is 0 Å². The highest BCUT2D eigenvalue weighted by molar-refractivity contribution is 5.85. The van der Waals surface area contributed by atoms with Gasteiger partial charge in [0, 0.05) is 16.2 Å². The van der Waals surface area contributed by atoms with Crippen molar-refractivity contribution in [3.8, 4) is 34.1 Å². The zero-order chi connectivity index (χ0) is 31.5. The molecule has 0 aliphatic heterocycles. The number of fused-ring (bicyclic) bond motifs is 2. The number of para-hydroxylation sites is 2. The van der Waals surface area contributed by atoms with E-state index in [1.807, 2.05) is 91.0 Å². The monoisotopic (exact) mass is 610 g/mol. The Morgan fingerprint density at radius 1 is 0.522 bits per heavy atom. The van der Waals surface area contributed by atoms with Crippen LogP contribution in [0.1, 0.15) is 23.6 Å². The zero-order valence-corrected chi connectivity index (χ0v) is 25.5. The lowest BCUT2D eigenvalue weighted by Gasteiger charge is -2.33. The molecule has 230 valence electrons. The van der Waals surface area contributed by atoms with Crippen LogP contribution in [0.25, 0.3) is 44.6 Å². The van der Waals surface area contributed by atoms with Crippen molar-refractivity contribution in [2.75, 3.05) is 26.4 Å². The molecule has 0 spiro atoms. The van der Waals surface area contributed by atoms with Crippen LogP contribution < -0.4 is 9.47 Å². The van der Waals surface area contributed by atoms with Crippen LogP contribution in [0, 0.1) is 0 Å². The summed E-state index contributed by atoms with van der Waals surface area (Å²) in [4.78, 5) is 0. The van der Waals surface area contributed by atoms with E-state index in [0.717, 1.165) is 49.8 Å². The van der Waals surface area contributed by atoms with Crippen molar-refractivity contribution in [1.82, 2.24) is 0 Å². The van der Waals surface area contributed by atoms with Gasteiger partial charge in [-0.05, 0) is 72.1 Å². The third kappa shape index (κ3) is 5.42. The minimum Gasteiger partial charge on any atom is -0.490 e. The second-order valence-corrected chi connectivity index (χ2v) is 11.4. The summed E-state index contributed by atoms with van der Waals surface area (Å²) in [5, 5.41) is 21.1. The van der Waals surface area contributed by atoms with Crippen molar-refractivity contribution < 1.29 is 28.5 Å². The standard InChI is InChI=1S/C40H34O6/c1-40(29-11-3-2-4-12-29,30-15-17-36(43-21-19-41)32(25-30)38-23-27-9-5-7-13-34(27)45-38)31-16-18-37(44-22-20-42)33(26-31)39-24-28-10-6-8-14-35(28)46-39/h2-18,23-26,41-42H,19-22H2,1H3. The predicted molar refractivity (Wildman–Crippen MR) is 180 cm³/mol. The highest BCUT2D eigenvalue weighted by Crippen LogP contribution is 2.46. The number of ether oxygens (including phenoxy) is 2. The molecule has 0 radical (unpaired) electrons. The van der Waals surface area contributed by atoms with Gasteiger partial charge in [-0.1, -0.05) is 78.9 Å². The third-order valence-corrected chi connectivity index (χ3v) is 8.54. The Morgan fingerprint density at radius 2 is 0.978 bits per heavy atom. The van der Waals surface area contributed by atoms with E-state index in [1.54, 1.807) is 0 Å². The molecule has 0 saturated carbocycles. The fourth-order valence-electron chi connectivity index (χ4n) is 6.13. The Kier molecular flexibility index (Phi) is 8.06. The number of hydrogen-bond donors (Lipinski definition) is 2. The van der Waals surface area contributed by atoms with E-state index in [0.29, 0.717) is 23.0 Å². The minimum absolute atomic E-state index is 0.0989. The van der Waals surface area contributed by atoms with Gasteiger partial charge in [-0.3, -0.25) is 0 Å². The summed E-state index contributed by atoms with van der Waals surface area (Å²) >= 11 is 0. The van der Waals surface area contributed by atoms with Crippen molar-refractivity contribution in [3.05, 3.63) is 144 Å². The third-order valence-electron chi connectivity index (χ3n) is 8.54. The van der Waals surface area contributed by atoms with Crippen LogP contribution in [0.3, 0.4) is 0 Å². The minimum atomic E-state index is -0.631. The van der Waals surface area contributed by atoms with Crippen molar-refractivity contribution in [3.63, 3.8) is 0 Å². The van der Waals surface area contributed by atoms with Crippen LogP contribution >= 0.6 is 0 Å². The molecule has 6 heteroatoms. The molecule has 0 aliphatic carbocycles. The Bertz CT molecular complexity index is 1910. The van der Waals surface area contributed by atoms with Gasteiger partial charge in [-0.2, -0.15) is 0 Å². The molecule has 0 unspecified atom stereocenters. The fraction of sp³-hybridized carbons (Fsp3) is 0.150. The van der Waals surface area contributed by atoms with Crippen LogP contribution in [-0.4, -0.2) is 36.6 Å². The average Bonchev–Trinajstić information content (AvgIpc) is 3.74. The molecule has 0 bridgehead atoms. The predicted octanol–water partition coefficient (Wildman–Crippen LogP) is 8.61. The van der Waals surface area contributed by atoms with E-state index in [9.17, 15) is 10.2 Å². The zero-order valence-electron chi connectivity index (χ0n) is 25.5. The van der Waals surface area contributed by atoms with Crippen molar-refractivity contribution in [2.24, 2.45) is 0 Å². The van der Waals surface area contributed by atoms with Crippen LogP contribution in [0.5, 0.6) is 11.5 Å². The molecule has 0 aliphatic rings. The summed E-state index contributed by atoms with van der Waals surface area (Å²) in [6.45, 7) is 2.34. The molecule has 2 aromatic heterocycles. The van der Waals surface area contributed by atoms with E-state index in [4.69, 9.17) is 18.3 Å². The first-order chi connectivity index (χ1) is 22.6. The number of rotatable bonds is 11. The Labute approximate surface area is 267 Å². The van der Waals surface area contributed by atoms with Crippen LogP contribution in [0.15, 0.2) is 136 Å². The molecule has 0 atom stereocenters. The van der Waals surface area contributed by atoms with E-state index in [2.05, 4.69) is 43.3 Å². The quantitative estimate of drug-likeness (QED) is 0.143. The number of furan rings is 2. The maximum atomic E-state index is 9.55. The van der Waals surface area contributed by atoms with Gasteiger partial charge in [0.25, 0.3) is 0 Å². The summed E-state index contributed by atoms with van der Waals surface area (Å²) in [5.41, 5.74) is 5.67. The molecule has 7 rings (SSSR count). The van der Waals surface area contributed by atoms with Gasteiger partial charge in [0.05, 0.1) is 24.3 Å². The average molecular weight is 611 g/mol. The van der Waals surface area contributed by atoms with Crippen LogP contribution in [0.4, 0.5) is 0 Å². The van der Waals surface area contributed by atoms with E-state index >= 15 is 0 Å². The Hall–Kier alpha value is -5.30. The Morgan fingerprint density at radius 3 is 1.43 bits per heavy atom. The highest BCUT2D eigenvalue weighted by Gasteiger charge is 2.33. The topological polar surface area (TPSA) is 85.2 Å². The molecular weight excluding hydrogens is 576 g/mol. The molecule has 2 heterocycles. The molecule has 7 aromatic rings. The maximum absolute atomic E-state index is 9.55. The number of aliphatic hydroxyl groups excluding tert-OH is 2. The largest absolute Gasteiger partial charge is 0.490 e. The lowest BCUT2D eigenvalue weighted by molar-refractivity contribution is 0.201. The van der Waals surface area contributed by atoms with Crippen LogP contribution in [-0.2, 0) is 5.41 Å². The normalized spacial score (nSPS) is 11.7. The highest BCUT2D eigenvalue weighted by atomic mass is 16.5. The van der Waals surface area contributed by atoms with Gasteiger partial charge in [-0.15, -0.1) is 0 Å². The second-order valence-electron chi connectivity index (χ2n) is 11.4. The summed E-state index contributed by atoms with van der Waals surface area (Å²) in [5.74, 6) is 2.62. The first kappa shape index (κ1) is 29.4. The molecule has 0 fully saturated rings. The summed E-state index contributed by atoms with van der Waals surface area (Å²) in [7, 11) is 0. The maximum Gasteiger partial charge on any atom is 0.139 e. The van der Waals surface area contributed by atoms with Crippen molar-refractivity contribution in [2.45, 2.75) is 12.3 Å². The number of aliphatic hydroxyl groups is 2. The molecule has 5 aromatic carbocycles. The SMILES string of the molecule is CC(c1ccccc1)(c1ccc(OCCO)c(-c2cc3ccccc3o2)c1)c1ccc(OCCO)c(-c2cc3ccccc3o2)c1. The van der Waals surface area contributed by atoms with Gasteiger partial charge in [-0.25, -0.2) is 0 Å². The summed E-state index contributed by atoms with van der Waals surface area (Å²) in [6.07, 6.45) is 0. The first-order valence-electron chi connectivity index (χ1n) is 15.4. The van der Waals surface area contributed by atoms with Gasteiger partial charge in [0.1, 0.15) is 47.4 Å². The number of benzene rings is 5. The Balaban J connectivity index is 1.43. The van der Waals surface area contributed by atoms with Gasteiger partial charge >= 0.3 is 0 Å². The van der Waals surface area contributed by atoms with E-state index in [-0.39, 0.29) is 26.4 Å². The molecule has 0 saturated heterocycles.